The number of aromatic amines is 1. The molecule has 3 N–H and O–H groups in total. The molecule has 0 saturated heterocycles. The summed E-state index contributed by atoms with van der Waals surface area (Å²) in [5.41, 5.74) is 7.84. The van der Waals surface area contributed by atoms with Gasteiger partial charge in [-0.2, -0.15) is 10.4 Å². The smallest absolute Gasteiger partial charge is 0.275 e. The highest BCUT2D eigenvalue weighted by Gasteiger charge is 2.22. The predicted octanol–water partition coefficient (Wildman–Crippen LogP) is 3.23. The van der Waals surface area contributed by atoms with E-state index in [9.17, 15) is 10.1 Å². The van der Waals surface area contributed by atoms with Crippen LogP contribution in [0.3, 0.4) is 0 Å². The summed E-state index contributed by atoms with van der Waals surface area (Å²) in [6, 6.07) is 18.3. The maximum Gasteiger partial charge on any atom is 0.275 e. The SMILES string of the molecule is CCOc1ccc(-n2c(=O)c(C#N)c(-c3ccccc3)c3c(N)[nH]nc32)cc1. The highest BCUT2D eigenvalue weighted by atomic mass is 16.5. The second-order valence-electron chi connectivity index (χ2n) is 6.13. The lowest BCUT2D eigenvalue weighted by molar-refractivity contribution is 0.340. The van der Waals surface area contributed by atoms with Crippen LogP contribution in [0.25, 0.3) is 27.8 Å². The highest BCUT2D eigenvalue weighted by molar-refractivity contribution is 6.02. The van der Waals surface area contributed by atoms with E-state index in [1.165, 1.54) is 4.57 Å². The summed E-state index contributed by atoms with van der Waals surface area (Å²) in [6.07, 6.45) is 0. The van der Waals surface area contributed by atoms with Gasteiger partial charge in [-0.1, -0.05) is 30.3 Å². The Bertz CT molecular complexity index is 1250. The Labute approximate surface area is 160 Å². The first-order valence-electron chi connectivity index (χ1n) is 8.77. The summed E-state index contributed by atoms with van der Waals surface area (Å²) < 4.78 is 6.85. The summed E-state index contributed by atoms with van der Waals surface area (Å²) in [4.78, 5) is 13.2. The molecule has 0 amide bonds. The molecule has 0 saturated carbocycles. The number of hydrogen-bond donors (Lipinski definition) is 2. The van der Waals surface area contributed by atoms with Crippen LogP contribution >= 0.6 is 0 Å². The molecule has 2 aromatic heterocycles. The number of benzene rings is 2. The molecule has 0 radical (unpaired) electrons. The van der Waals surface area contributed by atoms with Gasteiger partial charge in [0, 0.05) is 5.56 Å². The monoisotopic (exact) mass is 371 g/mol. The number of nitriles is 1. The van der Waals surface area contributed by atoms with Gasteiger partial charge < -0.3 is 10.5 Å². The van der Waals surface area contributed by atoms with Crippen molar-refractivity contribution >= 4 is 16.9 Å². The van der Waals surface area contributed by atoms with Gasteiger partial charge in [-0.15, -0.1) is 0 Å². The Hall–Kier alpha value is -4.05. The van der Waals surface area contributed by atoms with E-state index in [1.807, 2.05) is 37.3 Å². The summed E-state index contributed by atoms with van der Waals surface area (Å²) in [5.74, 6) is 0.989. The summed E-state index contributed by atoms with van der Waals surface area (Å²) in [5, 5.41) is 17.3. The molecule has 2 heterocycles. The summed E-state index contributed by atoms with van der Waals surface area (Å²) >= 11 is 0. The Morgan fingerprint density at radius 2 is 1.89 bits per heavy atom. The first kappa shape index (κ1) is 17.4. The molecular formula is C21H17N5O2. The lowest BCUT2D eigenvalue weighted by atomic mass is 9.98. The first-order valence-corrected chi connectivity index (χ1v) is 8.77. The Balaban J connectivity index is 2.07. The van der Waals surface area contributed by atoms with Gasteiger partial charge in [0.15, 0.2) is 5.65 Å². The van der Waals surface area contributed by atoms with Crippen LogP contribution in [0.2, 0.25) is 0 Å². The molecule has 4 aromatic rings. The molecule has 4 rings (SSSR count). The predicted molar refractivity (Wildman–Crippen MR) is 107 cm³/mol. The molecule has 0 atom stereocenters. The van der Waals surface area contributed by atoms with E-state index >= 15 is 0 Å². The van der Waals surface area contributed by atoms with Crippen molar-refractivity contribution in [3.8, 4) is 28.6 Å². The van der Waals surface area contributed by atoms with E-state index in [1.54, 1.807) is 24.3 Å². The van der Waals surface area contributed by atoms with E-state index in [0.717, 1.165) is 5.56 Å². The third-order valence-corrected chi connectivity index (χ3v) is 4.48. The molecule has 2 aromatic carbocycles. The van der Waals surface area contributed by atoms with Crippen molar-refractivity contribution in [3.63, 3.8) is 0 Å². The second kappa shape index (κ2) is 6.93. The van der Waals surface area contributed by atoms with E-state index in [2.05, 4.69) is 16.3 Å². The first-order chi connectivity index (χ1) is 13.7. The molecule has 0 fully saturated rings. The van der Waals surface area contributed by atoms with Crippen molar-refractivity contribution in [1.29, 1.82) is 5.26 Å². The maximum absolute atomic E-state index is 13.2. The van der Waals surface area contributed by atoms with Crippen LogP contribution in [0.4, 0.5) is 5.82 Å². The van der Waals surface area contributed by atoms with Gasteiger partial charge in [0.05, 0.1) is 17.7 Å². The van der Waals surface area contributed by atoms with Gasteiger partial charge in [0.1, 0.15) is 23.2 Å². The number of nitrogens with one attached hydrogen (secondary N) is 1. The number of hydrogen-bond acceptors (Lipinski definition) is 5. The van der Waals surface area contributed by atoms with Gasteiger partial charge in [-0.05, 0) is 36.8 Å². The number of aromatic nitrogens is 3. The third-order valence-electron chi connectivity index (χ3n) is 4.48. The topological polar surface area (TPSA) is 110 Å². The Kier molecular flexibility index (Phi) is 4.30. The summed E-state index contributed by atoms with van der Waals surface area (Å²) in [7, 11) is 0. The van der Waals surface area contributed by atoms with Crippen LogP contribution in [-0.4, -0.2) is 21.4 Å². The third kappa shape index (κ3) is 2.68. The number of H-pyrrole nitrogens is 1. The number of nitrogens with two attached hydrogens (primary N) is 1. The number of nitrogens with zero attached hydrogens (tertiary/aromatic N) is 3. The second-order valence-corrected chi connectivity index (χ2v) is 6.13. The average molecular weight is 371 g/mol. The normalized spacial score (nSPS) is 10.7. The van der Waals surface area contributed by atoms with Gasteiger partial charge >= 0.3 is 0 Å². The lowest BCUT2D eigenvalue weighted by Gasteiger charge is -2.13. The fourth-order valence-corrected chi connectivity index (χ4v) is 3.29. The zero-order valence-corrected chi connectivity index (χ0v) is 15.1. The van der Waals surface area contributed by atoms with Crippen molar-refractivity contribution in [2.45, 2.75) is 6.92 Å². The molecule has 0 aliphatic carbocycles. The Morgan fingerprint density at radius 1 is 1.18 bits per heavy atom. The van der Waals surface area contributed by atoms with Crippen molar-refractivity contribution < 1.29 is 4.74 Å². The Morgan fingerprint density at radius 3 is 2.54 bits per heavy atom. The van der Waals surface area contributed by atoms with Crippen LogP contribution in [0.15, 0.2) is 59.4 Å². The van der Waals surface area contributed by atoms with Gasteiger partial charge in [-0.3, -0.25) is 14.5 Å². The van der Waals surface area contributed by atoms with E-state index < -0.39 is 5.56 Å². The molecule has 0 unspecified atom stereocenters. The minimum atomic E-state index is -0.454. The molecular weight excluding hydrogens is 354 g/mol. The largest absolute Gasteiger partial charge is 0.494 e. The fraction of sp³-hybridized carbons (Fsp3) is 0.0952. The van der Waals surface area contributed by atoms with Crippen molar-refractivity contribution in [2.24, 2.45) is 0 Å². The van der Waals surface area contributed by atoms with Gasteiger partial charge in [0.25, 0.3) is 5.56 Å². The minimum Gasteiger partial charge on any atom is -0.494 e. The van der Waals surface area contributed by atoms with Crippen molar-refractivity contribution in [2.75, 3.05) is 12.3 Å². The molecule has 7 heteroatoms. The van der Waals surface area contributed by atoms with Gasteiger partial charge in [0.2, 0.25) is 0 Å². The van der Waals surface area contributed by atoms with Gasteiger partial charge in [-0.25, -0.2) is 0 Å². The molecule has 7 nitrogen and oxygen atoms in total. The zero-order valence-electron chi connectivity index (χ0n) is 15.1. The number of fused-ring (bicyclic) bond motifs is 1. The van der Waals surface area contributed by atoms with E-state index in [0.29, 0.717) is 40.5 Å². The van der Waals surface area contributed by atoms with Crippen molar-refractivity contribution in [1.82, 2.24) is 14.8 Å². The molecule has 0 spiro atoms. The fourth-order valence-electron chi connectivity index (χ4n) is 3.29. The number of pyridine rings is 1. The molecule has 0 aliphatic heterocycles. The average Bonchev–Trinajstić information content (AvgIpc) is 3.10. The molecule has 0 bridgehead atoms. The number of nitrogen functional groups attached to an aromatic ring is 1. The minimum absolute atomic E-state index is 0.0145. The van der Waals surface area contributed by atoms with Crippen LogP contribution < -0.4 is 16.0 Å². The molecule has 0 aliphatic rings. The summed E-state index contributed by atoms with van der Waals surface area (Å²) in [6.45, 7) is 2.44. The molecule has 28 heavy (non-hydrogen) atoms. The zero-order chi connectivity index (χ0) is 19.7. The van der Waals surface area contributed by atoms with Crippen LogP contribution in [0.1, 0.15) is 12.5 Å². The van der Waals surface area contributed by atoms with E-state index in [4.69, 9.17) is 10.5 Å². The van der Waals surface area contributed by atoms with E-state index in [-0.39, 0.29) is 5.56 Å². The standard InChI is InChI=1S/C21H17N5O2/c1-2-28-15-10-8-14(9-11-15)26-20-18(19(23)24-25-20)17(16(12-22)21(26)27)13-6-4-3-5-7-13/h3-11H,2H2,1H3,(H3,23,24,25). The van der Waals surface area contributed by atoms with Crippen LogP contribution in [0.5, 0.6) is 5.75 Å². The van der Waals surface area contributed by atoms with Crippen LogP contribution in [0, 0.1) is 11.3 Å². The number of rotatable bonds is 4. The van der Waals surface area contributed by atoms with Crippen molar-refractivity contribution in [3.05, 3.63) is 70.5 Å². The van der Waals surface area contributed by atoms with Crippen LogP contribution in [-0.2, 0) is 0 Å². The quantitative estimate of drug-likeness (QED) is 0.572. The maximum atomic E-state index is 13.2. The number of anilines is 1. The molecule has 138 valence electrons. The lowest BCUT2D eigenvalue weighted by Crippen LogP contribution is -2.23. The highest BCUT2D eigenvalue weighted by Crippen LogP contribution is 2.33. The number of ether oxygens (including phenoxy) is 1.